The molecule has 6 heteroatoms. The number of ether oxygens (including phenoxy) is 3. The van der Waals surface area contributed by atoms with Gasteiger partial charge in [0.25, 0.3) is 0 Å². The summed E-state index contributed by atoms with van der Waals surface area (Å²) in [6, 6.07) is 24.4. The highest BCUT2D eigenvalue weighted by Crippen LogP contribution is 2.54. The minimum absolute atomic E-state index is 0.804. The Morgan fingerprint density at radius 3 is 1.91 bits per heavy atom. The summed E-state index contributed by atoms with van der Waals surface area (Å²) >= 11 is 1.70. The predicted molar refractivity (Wildman–Crippen MR) is 138 cm³/mol. The van der Waals surface area contributed by atoms with Gasteiger partial charge in [-0.25, -0.2) is 4.98 Å². The monoisotopic (exact) mass is 472 g/mol. The zero-order chi connectivity index (χ0) is 23.7. The average Bonchev–Trinajstić information content (AvgIpc) is 3.35. The number of fused-ring (bicyclic) bond motifs is 3. The molecule has 0 aliphatic carbocycles. The van der Waals surface area contributed by atoms with E-state index in [0.29, 0.717) is 0 Å². The number of thiazole rings is 1. The zero-order valence-corrected chi connectivity index (χ0v) is 20.7. The van der Waals surface area contributed by atoms with Crippen molar-refractivity contribution in [1.29, 1.82) is 0 Å². The van der Waals surface area contributed by atoms with Crippen molar-refractivity contribution in [3.63, 3.8) is 0 Å². The third kappa shape index (κ3) is 3.49. The summed E-state index contributed by atoms with van der Waals surface area (Å²) in [6.07, 6.45) is 0. The van der Waals surface area contributed by atoms with Crippen LogP contribution in [0.2, 0.25) is 0 Å². The third-order valence-corrected chi connectivity index (χ3v) is 7.58. The van der Waals surface area contributed by atoms with Crippen molar-refractivity contribution >= 4 is 16.5 Å². The molecule has 2 heterocycles. The third-order valence-electron chi connectivity index (χ3n) is 6.37. The fraction of sp³-hybridized carbons (Fsp3) is 0.250. The Balaban J connectivity index is 1.82. The van der Waals surface area contributed by atoms with Crippen LogP contribution in [-0.4, -0.2) is 32.3 Å². The number of rotatable bonds is 7. The Labute approximate surface area is 204 Å². The fourth-order valence-corrected chi connectivity index (χ4v) is 5.90. The summed E-state index contributed by atoms with van der Waals surface area (Å²) in [5.41, 5.74) is 3.17. The Kier molecular flexibility index (Phi) is 5.92. The topological polar surface area (TPSA) is 43.8 Å². The standard InChI is InChI=1S/C28H28N2O3S/c1-5-30(6-2)27-29-25-23-9-7-8-10-24(23)33-28(26(25)34-27,19-11-15-21(31-3)16-12-19)20-13-17-22(32-4)18-14-20/h7-18H,5-6H2,1-4H3. The molecule has 0 saturated heterocycles. The van der Waals surface area contributed by atoms with Crippen LogP contribution in [0.5, 0.6) is 17.2 Å². The van der Waals surface area contributed by atoms with Crippen LogP contribution in [-0.2, 0) is 5.60 Å². The van der Waals surface area contributed by atoms with Crippen LogP contribution < -0.4 is 19.1 Å². The van der Waals surface area contributed by atoms with Crippen LogP contribution in [0.1, 0.15) is 29.9 Å². The van der Waals surface area contributed by atoms with E-state index in [2.05, 4.69) is 49.1 Å². The van der Waals surface area contributed by atoms with E-state index in [4.69, 9.17) is 19.2 Å². The summed E-state index contributed by atoms with van der Waals surface area (Å²) in [5.74, 6) is 2.43. The number of nitrogens with zero attached hydrogens (tertiary/aromatic N) is 2. The van der Waals surface area contributed by atoms with Crippen molar-refractivity contribution in [2.45, 2.75) is 19.4 Å². The van der Waals surface area contributed by atoms with Gasteiger partial charge in [0.1, 0.15) is 17.2 Å². The van der Waals surface area contributed by atoms with E-state index in [-0.39, 0.29) is 0 Å². The second kappa shape index (κ2) is 9.03. The molecule has 0 fully saturated rings. The van der Waals surface area contributed by atoms with Crippen LogP contribution in [0, 0.1) is 0 Å². The van der Waals surface area contributed by atoms with Gasteiger partial charge in [-0.15, -0.1) is 0 Å². The zero-order valence-electron chi connectivity index (χ0n) is 19.9. The van der Waals surface area contributed by atoms with Gasteiger partial charge in [0.2, 0.25) is 0 Å². The average molecular weight is 473 g/mol. The highest BCUT2D eigenvalue weighted by molar-refractivity contribution is 7.16. The van der Waals surface area contributed by atoms with Gasteiger partial charge in [-0.2, -0.15) is 0 Å². The molecule has 1 aliphatic rings. The first-order valence-electron chi connectivity index (χ1n) is 11.5. The molecule has 0 saturated carbocycles. The van der Waals surface area contributed by atoms with Gasteiger partial charge in [-0.1, -0.05) is 47.7 Å². The molecule has 174 valence electrons. The van der Waals surface area contributed by atoms with E-state index in [1.54, 1.807) is 25.6 Å². The van der Waals surface area contributed by atoms with Crippen molar-refractivity contribution in [2.24, 2.45) is 0 Å². The Morgan fingerprint density at radius 1 is 0.824 bits per heavy atom. The van der Waals surface area contributed by atoms with Crippen molar-refractivity contribution in [3.05, 3.63) is 88.8 Å². The molecule has 1 aromatic heterocycles. The first-order valence-corrected chi connectivity index (χ1v) is 12.3. The van der Waals surface area contributed by atoms with Crippen LogP contribution >= 0.6 is 11.3 Å². The molecule has 4 aromatic rings. The fourth-order valence-electron chi connectivity index (χ4n) is 4.52. The SMILES string of the molecule is CCN(CC)c1nc2c(s1)C(c1ccc(OC)cc1)(c1ccc(OC)cc1)Oc1ccccc1-2. The highest BCUT2D eigenvalue weighted by atomic mass is 32.1. The number of hydrogen-bond donors (Lipinski definition) is 0. The lowest BCUT2D eigenvalue weighted by Gasteiger charge is -2.39. The van der Waals surface area contributed by atoms with E-state index in [1.165, 1.54) is 0 Å². The van der Waals surface area contributed by atoms with Gasteiger partial charge >= 0.3 is 0 Å². The van der Waals surface area contributed by atoms with Gasteiger partial charge in [0, 0.05) is 29.8 Å². The predicted octanol–water partition coefficient (Wildman–Crippen LogP) is 6.36. The molecule has 34 heavy (non-hydrogen) atoms. The number of methoxy groups -OCH3 is 2. The maximum absolute atomic E-state index is 7.00. The van der Waals surface area contributed by atoms with Crippen molar-refractivity contribution in [2.75, 3.05) is 32.2 Å². The van der Waals surface area contributed by atoms with E-state index in [0.717, 1.165) is 62.7 Å². The molecule has 5 nitrogen and oxygen atoms in total. The second-order valence-corrected chi connectivity index (χ2v) is 9.06. The molecule has 0 amide bonds. The summed E-state index contributed by atoms with van der Waals surface area (Å²) in [5, 5.41) is 1.00. The molecule has 0 spiro atoms. The van der Waals surface area contributed by atoms with Crippen LogP contribution in [0.15, 0.2) is 72.8 Å². The molecule has 0 bridgehead atoms. The molecule has 5 rings (SSSR count). The molecular formula is C28H28N2O3S. The van der Waals surface area contributed by atoms with Crippen molar-refractivity contribution in [1.82, 2.24) is 4.98 Å². The van der Waals surface area contributed by atoms with Crippen LogP contribution in [0.4, 0.5) is 5.13 Å². The van der Waals surface area contributed by atoms with E-state index in [9.17, 15) is 0 Å². The Morgan fingerprint density at radius 2 is 1.38 bits per heavy atom. The van der Waals surface area contributed by atoms with Crippen LogP contribution in [0.25, 0.3) is 11.3 Å². The van der Waals surface area contributed by atoms with Gasteiger partial charge in [0.05, 0.1) is 24.8 Å². The number of anilines is 1. The largest absolute Gasteiger partial charge is 0.497 e. The van der Waals surface area contributed by atoms with E-state index >= 15 is 0 Å². The quantitative estimate of drug-likeness (QED) is 0.313. The van der Waals surface area contributed by atoms with Gasteiger partial charge in [-0.3, -0.25) is 0 Å². The first-order chi connectivity index (χ1) is 16.6. The van der Waals surface area contributed by atoms with Crippen molar-refractivity contribution in [3.8, 4) is 28.5 Å². The van der Waals surface area contributed by atoms with Gasteiger partial charge in [0.15, 0.2) is 10.7 Å². The molecule has 1 aliphatic heterocycles. The van der Waals surface area contributed by atoms with Crippen LogP contribution in [0.3, 0.4) is 0 Å². The first kappa shape index (κ1) is 22.3. The number of hydrogen-bond acceptors (Lipinski definition) is 6. The van der Waals surface area contributed by atoms with Crippen molar-refractivity contribution < 1.29 is 14.2 Å². The normalized spacial score (nSPS) is 13.4. The highest BCUT2D eigenvalue weighted by Gasteiger charge is 2.47. The lowest BCUT2D eigenvalue weighted by atomic mass is 9.81. The molecule has 0 unspecified atom stereocenters. The minimum Gasteiger partial charge on any atom is -0.497 e. The number of benzene rings is 3. The lowest BCUT2D eigenvalue weighted by molar-refractivity contribution is 0.155. The summed E-state index contributed by atoms with van der Waals surface area (Å²) < 4.78 is 17.9. The maximum Gasteiger partial charge on any atom is 0.195 e. The summed E-state index contributed by atoms with van der Waals surface area (Å²) in [6.45, 7) is 6.11. The molecule has 0 atom stereocenters. The smallest absolute Gasteiger partial charge is 0.195 e. The maximum atomic E-state index is 7.00. The molecular weight excluding hydrogens is 444 g/mol. The minimum atomic E-state index is -0.856. The second-order valence-electron chi connectivity index (χ2n) is 8.08. The lowest BCUT2D eigenvalue weighted by Crippen LogP contribution is -2.37. The Bertz CT molecular complexity index is 1230. The van der Waals surface area contributed by atoms with Gasteiger partial charge < -0.3 is 19.1 Å². The van der Waals surface area contributed by atoms with Gasteiger partial charge in [-0.05, 0) is 50.2 Å². The van der Waals surface area contributed by atoms with E-state index in [1.807, 2.05) is 42.5 Å². The molecule has 3 aromatic carbocycles. The molecule has 0 radical (unpaired) electrons. The van der Waals surface area contributed by atoms with E-state index < -0.39 is 5.60 Å². The number of aromatic nitrogens is 1. The Hall–Kier alpha value is -3.51. The molecule has 0 N–H and O–H groups in total. The number of para-hydroxylation sites is 1. The summed E-state index contributed by atoms with van der Waals surface area (Å²) in [7, 11) is 3.36. The summed E-state index contributed by atoms with van der Waals surface area (Å²) in [4.78, 5) is 8.53.